The molecule has 0 atom stereocenters. The predicted octanol–water partition coefficient (Wildman–Crippen LogP) is 3.19. The molecule has 128 valence electrons. The summed E-state index contributed by atoms with van der Waals surface area (Å²) < 4.78 is 32.6. The van der Waals surface area contributed by atoms with Gasteiger partial charge in [-0.05, 0) is 45.2 Å². The normalized spacial score (nSPS) is 17.9. The lowest BCUT2D eigenvalue weighted by Crippen LogP contribution is -2.50. The molecule has 1 fully saturated rings. The zero-order chi connectivity index (χ0) is 17.3. The fourth-order valence-electron chi connectivity index (χ4n) is 2.95. The van der Waals surface area contributed by atoms with E-state index in [0.717, 1.165) is 6.07 Å². The van der Waals surface area contributed by atoms with E-state index >= 15 is 0 Å². The van der Waals surface area contributed by atoms with E-state index < -0.39 is 22.7 Å². The number of carbonyl (C=O) groups is 1. The summed E-state index contributed by atoms with van der Waals surface area (Å²) in [6, 6.07) is 3.59. The number of nitrogens with zero attached hydrogens (tertiary/aromatic N) is 1. The Morgan fingerprint density at radius 2 is 1.91 bits per heavy atom. The molecule has 2 N–H and O–H groups in total. The molecule has 1 saturated heterocycles. The average molecular weight is 326 g/mol. The van der Waals surface area contributed by atoms with Gasteiger partial charge in [0.05, 0.1) is 0 Å². The second-order valence-electron chi connectivity index (χ2n) is 7.08. The van der Waals surface area contributed by atoms with Gasteiger partial charge in [-0.1, -0.05) is 6.07 Å². The summed E-state index contributed by atoms with van der Waals surface area (Å²) in [4.78, 5) is 13.7. The quantitative estimate of drug-likeness (QED) is 0.908. The third-order valence-corrected chi connectivity index (χ3v) is 4.27. The Balaban J connectivity index is 2.12. The summed E-state index contributed by atoms with van der Waals surface area (Å²) in [5.74, 6) is -1.19. The van der Waals surface area contributed by atoms with Crippen LogP contribution in [-0.4, -0.2) is 36.2 Å². The van der Waals surface area contributed by atoms with Gasteiger partial charge < -0.3 is 15.4 Å². The van der Waals surface area contributed by atoms with Gasteiger partial charge in [0.15, 0.2) is 0 Å². The van der Waals surface area contributed by atoms with E-state index in [-0.39, 0.29) is 12.6 Å². The van der Waals surface area contributed by atoms with Gasteiger partial charge in [-0.3, -0.25) is 0 Å². The predicted molar refractivity (Wildman–Crippen MR) is 84.1 cm³/mol. The number of ether oxygens (including phenoxy) is 1. The lowest BCUT2D eigenvalue weighted by atomic mass is 9.72. The van der Waals surface area contributed by atoms with E-state index in [1.807, 2.05) is 20.8 Å². The molecule has 1 aromatic rings. The van der Waals surface area contributed by atoms with Crippen molar-refractivity contribution in [3.8, 4) is 0 Å². The molecule has 1 amide bonds. The molecule has 0 bridgehead atoms. The van der Waals surface area contributed by atoms with Gasteiger partial charge in [-0.2, -0.15) is 0 Å². The molecule has 2 rings (SSSR count). The number of halogens is 2. The van der Waals surface area contributed by atoms with E-state index in [1.54, 1.807) is 4.90 Å². The monoisotopic (exact) mass is 326 g/mol. The number of hydrogen-bond donors (Lipinski definition) is 1. The number of hydrogen-bond acceptors (Lipinski definition) is 3. The van der Waals surface area contributed by atoms with Crippen molar-refractivity contribution < 1.29 is 18.3 Å². The summed E-state index contributed by atoms with van der Waals surface area (Å²) in [6.07, 6.45) is 0.666. The van der Waals surface area contributed by atoms with Gasteiger partial charge >= 0.3 is 6.09 Å². The zero-order valence-electron chi connectivity index (χ0n) is 13.9. The average Bonchev–Trinajstić information content (AvgIpc) is 2.45. The molecule has 1 heterocycles. The van der Waals surface area contributed by atoms with Crippen molar-refractivity contribution in [1.82, 2.24) is 4.90 Å². The molecule has 0 unspecified atom stereocenters. The van der Waals surface area contributed by atoms with E-state index in [2.05, 4.69) is 0 Å². The maximum Gasteiger partial charge on any atom is 0.410 e. The Bertz CT molecular complexity index is 576. The van der Waals surface area contributed by atoms with Crippen molar-refractivity contribution in [1.29, 1.82) is 0 Å². The lowest BCUT2D eigenvalue weighted by molar-refractivity contribution is 0.0166. The molecule has 1 aromatic carbocycles. The Hall–Kier alpha value is -1.69. The van der Waals surface area contributed by atoms with Crippen LogP contribution < -0.4 is 5.73 Å². The largest absolute Gasteiger partial charge is 0.444 e. The SMILES string of the molecule is CC(C)(C)OC(=O)N1CCC(CN)(c2ccc(F)cc2F)CC1. The molecular weight excluding hydrogens is 302 g/mol. The van der Waals surface area contributed by atoms with Crippen LogP contribution in [-0.2, 0) is 10.2 Å². The Morgan fingerprint density at radius 3 is 2.39 bits per heavy atom. The molecule has 0 saturated carbocycles. The Kier molecular flexibility index (Phi) is 4.94. The number of carbonyl (C=O) groups excluding carboxylic acids is 1. The second kappa shape index (κ2) is 6.43. The van der Waals surface area contributed by atoms with Gasteiger partial charge in [0, 0.05) is 31.1 Å². The number of rotatable bonds is 2. The fourth-order valence-corrected chi connectivity index (χ4v) is 2.95. The second-order valence-corrected chi connectivity index (χ2v) is 7.08. The highest BCUT2D eigenvalue weighted by molar-refractivity contribution is 5.68. The number of benzene rings is 1. The zero-order valence-corrected chi connectivity index (χ0v) is 13.9. The van der Waals surface area contributed by atoms with Crippen LogP contribution in [0.25, 0.3) is 0 Å². The molecule has 1 aliphatic heterocycles. The molecule has 23 heavy (non-hydrogen) atoms. The van der Waals surface area contributed by atoms with E-state index in [9.17, 15) is 13.6 Å². The summed E-state index contributed by atoms with van der Waals surface area (Å²) in [7, 11) is 0. The first-order chi connectivity index (χ1) is 10.7. The smallest absolute Gasteiger partial charge is 0.410 e. The van der Waals surface area contributed by atoms with Gasteiger partial charge in [0.2, 0.25) is 0 Å². The number of piperidine rings is 1. The van der Waals surface area contributed by atoms with Crippen LogP contribution in [0.5, 0.6) is 0 Å². The minimum absolute atomic E-state index is 0.248. The highest BCUT2D eigenvalue weighted by Crippen LogP contribution is 2.36. The molecule has 0 radical (unpaired) electrons. The molecule has 0 aromatic heterocycles. The molecule has 0 aliphatic carbocycles. The van der Waals surface area contributed by atoms with Crippen LogP contribution in [0.15, 0.2) is 18.2 Å². The Morgan fingerprint density at radius 1 is 1.30 bits per heavy atom. The Labute approximate surface area is 135 Å². The first-order valence-electron chi connectivity index (χ1n) is 7.80. The maximum atomic E-state index is 14.1. The summed E-state index contributed by atoms with van der Waals surface area (Å²) in [5, 5.41) is 0. The fraction of sp³-hybridized carbons (Fsp3) is 0.588. The highest BCUT2D eigenvalue weighted by atomic mass is 19.1. The third-order valence-electron chi connectivity index (χ3n) is 4.27. The number of nitrogens with two attached hydrogens (primary N) is 1. The molecule has 6 heteroatoms. The van der Waals surface area contributed by atoms with Crippen LogP contribution in [0.1, 0.15) is 39.2 Å². The third kappa shape index (κ3) is 3.99. The first kappa shape index (κ1) is 17.7. The van der Waals surface area contributed by atoms with Gasteiger partial charge in [-0.15, -0.1) is 0 Å². The van der Waals surface area contributed by atoms with E-state index in [1.165, 1.54) is 12.1 Å². The van der Waals surface area contributed by atoms with Crippen LogP contribution in [0.4, 0.5) is 13.6 Å². The van der Waals surface area contributed by atoms with Gasteiger partial charge in [-0.25, -0.2) is 13.6 Å². The van der Waals surface area contributed by atoms with E-state index in [0.29, 0.717) is 31.5 Å². The summed E-state index contributed by atoms with van der Waals surface area (Å²) in [5.41, 5.74) is 5.20. The van der Waals surface area contributed by atoms with E-state index in [4.69, 9.17) is 10.5 Å². The topological polar surface area (TPSA) is 55.6 Å². The number of likely N-dealkylation sites (tertiary alicyclic amines) is 1. The lowest BCUT2D eigenvalue weighted by Gasteiger charge is -2.41. The van der Waals surface area contributed by atoms with Gasteiger partial charge in [0.25, 0.3) is 0 Å². The minimum atomic E-state index is -0.607. The molecule has 0 spiro atoms. The minimum Gasteiger partial charge on any atom is -0.444 e. The van der Waals surface area contributed by atoms with Crippen LogP contribution in [0.2, 0.25) is 0 Å². The molecule has 4 nitrogen and oxygen atoms in total. The van der Waals surface area contributed by atoms with Crippen LogP contribution in [0.3, 0.4) is 0 Å². The summed E-state index contributed by atoms with van der Waals surface area (Å²) >= 11 is 0. The first-order valence-corrected chi connectivity index (χ1v) is 7.80. The molecular formula is C17H24F2N2O2. The van der Waals surface area contributed by atoms with Crippen LogP contribution >= 0.6 is 0 Å². The van der Waals surface area contributed by atoms with Crippen molar-refractivity contribution >= 4 is 6.09 Å². The summed E-state index contributed by atoms with van der Waals surface area (Å²) in [6.45, 7) is 6.55. The van der Waals surface area contributed by atoms with Crippen molar-refractivity contribution in [2.75, 3.05) is 19.6 Å². The standard InChI is InChI=1S/C17H24F2N2O2/c1-16(2,3)23-15(22)21-8-6-17(11-20,7-9-21)13-5-4-12(18)10-14(13)19/h4-5,10H,6-9,11,20H2,1-3H3. The van der Waals surface area contributed by atoms with Crippen LogP contribution in [0, 0.1) is 11.6 Å². The number of amides is 1. The van der Waals surface area contributed by atoms with Crippen molar-refractivity contribution in [3.05, 3.63) is 35.4 Å². The van der Waals surface area contributed by atoms with Crippen molar-refractivity contribution in [3.63, 3.8) is 0 Å². The molecule has 1 aliphatic rings. The van der Waals surface area contributed by atoms with Gasteiger partial charge in [0.1, 0.15) is 17.2 Å². The van der Waals surface area contributed by atoms with Crippen molar-refractivity contribution in [2.45, 2.75) is 44.6 Å². The van der Waals surface area contributed by atoms with Crippen molar-refractivity contribution in [2.24, 2.45) is 5.73 Å². The highest BCUT2D eigenvalue weighted by Gasteiger charge is 2.39. The maximum absolute atomic E-state index is 14.1.